The number of benzene rings is 2. The molecule has 0 spiro atoms. The van der Waals surface area contributed by atoms with Crippen LogP contribution in [0.25, 0.3) is 12.2 Å². The van der Waals surface area contributed by atoms with Crippen LogP contribution in [0.15, 0.2) is 46.0 Å². The predicted octanol–water partition coefficient (Wildman–Crippen LogP) is 5.00. The lowest BCUT2D eigenvalue weighted by Crippen LogP contribution is -2.66. The molecule has 10 heteroatoms. The van der Waals surface area contributed by atoms with Crippen LogP contribution in [0.4, 0.5) is 22.7 Å². The molecule has 0 bridgehead atoms. The van der Waals surface area contributed by atoms with Gasteiger partial charge in [-0.25, -0.2) is 0 Å². The van der Waals surface area contributed by atoms with Crippen molar-refractivity contribution in [3.05, 3.63) is 98.6 Å². The van der Waals surface area contributed by atoms with Gasteiger partial charge in [0, 0.05) is 48.3 Å². The van der Waals surface area contributed by atoms with Gasteiger partial charge in [-0.1, -0.05) is 47.6 Å². The second-order valence-corrected chi connectivity index (χ2v) is 14.5. The van der Waals surface area contributed by atoms with Crippen molar-refractivity contribution in [3.8, 4) is 0 Å². The molecule has 5 rings (SSSR count). The first-order valence-electron chi connectivity index (χ1n) is 16.0. The Balaban J connectivity index is 1.67. The van der Waals surface area contributed by atoms with Crippen LogP contribution in [0, 0.1) is 32.1 Å². The number of nitro groups is 2. The summed E-state index contributed by atoms with van der Waals surface area (Å²) < 4.78 is 2.01. The molecule has 1 atom stereocenters. The first-order valence-corrected chi connectivity index (χ1v) is 16.0. The first kappa shape index (κ1) is 32.9. The Bertz CT molecular complexity index is 1950. The van der Waals surface area contributed by atoms with Crippen LogP contribution in [0.5, 0.6) is 0 Å². The highest BCUT2D eigenvalue weighted by molar-refractivity contribution is 6.16. The van der Waals surface area contributed by atoms with E-state index in [1.165, 1.54) is 12.1 Å². The molecule has 1 unspecified atom stereocenters. The number of nitro benzene ring substituents is 2. The summed E-state index contributed by atoms with van der Waals surface area (Å²) in [6.45, 7) is 17.3. The van der Waals surface area contributed by atoms with Crippen LogP contribution in [0.2, 0.25) is 0 Å². The van der Waals surface area contributed by atoms with Gasteiger partial charge in [0.15, 0.2) is 5.71 Å². The third-order valence-electron chi connectivity index (χ3n) is 9.77. The van der Waals surface area contributed by atoms with Crippen LogP contribution in [-0.4, -0.2) is 39.3 Å². The van der Waals surface area contributed by atoms with Crippen molar-refractivity contribution < 1.29 is 14.4 Å². The lowest BCUT2D eigenvalue weighted by atomic mass is 9.78. The minimum Gasteiger partial charge on any atom is -0.364 e. The Labute approximate surface area is 268 Å². The van der Waals surface area contributed by atoms with Crippen molar-refractivity contribution in [2.45, 2.75) is 85.1 Å². The molecule has 10 nitrogen and oxygen atoms in total. The van der Waals surface area contributed by atoms with Gasteiger partial charge < -0.3 is 4.90 Å². The lowest BCUT2D eigenvalue weighted by Gasteiger charge is -2.32. The van der Waals surface area contributed by atoms with Crippen LogP contribution in [0.1, 0.15) is 79.4 Å². The third kappa shape index (κ3) is 5.27. The number of hydrogen-bond acceptors (Lipinski definition) is 7. The Kier molecular flexibility index (Phi) is 8.38. The molecule has 0 radical (unpaired) electrons. The highest BCUT2D eigenvalue weighted by Gasteiger charge is 2.50. The smallest absolute Gasteiger partial charge is 0.280 e. The molecular formula is C36H43N4O6+. The molecule has 0 aromatic heterocycles. The van der Waals surface area contributed by atoms with Crippen molar-refractivity contribution in [1.82, 2.24) is 0 Å². The average molecular weight is 628 g/mol. The van der Waals surface area contributed by atoms with Gasteiger partial charge in [-0.05, 0) is 50.3 Å². The molecule has 2 aliphatic rings. The molecule has 3 aromatic carbocycles. The predicted molar refractivity (Wildman–Crippen MR) is 182 cm³/mol. The second-order valence-electron chi connectivity index (χ2n) is 14.5. The van der Waals surface area contributed by atoms with Crippen molar-refractivity contribution in [2.75, 3.05) is 18.0 Å². The number of rotatable bonds is 10. The first-order chi connectivity index (χ1) is 21.5. The van der Waals surface area contributed by atoms with Crippen molar-refractivity contribution in [3.63, 3.8) is 0 Å². The van der Waals surface area contributed by atoms with Crippen LogP contribution < -0.4 is 26.2 Å². The molecular weight excluding hydrogens is 584 g/mol. The largest absolute Gasteiger partial charge is 0.364 e. The minimum absolute atomic E-state index is 0.0101. The quantitative estimate of drug-likeness (QED) is 0.176. The molecule has 0 aliphatic carbocycles. The monoisotopic (exact) mass is 627 g/mol. The van der Waals surface area contributed by atoms with Crippen molar-refractivity contribution in [2.24, 2.45) is 11.8 Å². The Morgan fingerprint density at radius 2 is 1.41 bits per heavy atom. The summed E-state index contributed by atoms with van der Waals surface area (Å²) in [7, 11) is 0. The number of nitrogens with zero attached hydrogens (tertiary/aromatic N) is 4. The summed E-state index contributed by atoms with van der Waals surface area (Å²) in [5.41, 5.74) is 1.01. The van der Waals surface area contributed by atoms with E-state index in [2.05, 4.69) is 32.6 Å². The van der Waals surface area contributed by atoms with E-state index in [-0.39, 0.29) is 42.5 Å². The van der Waals surface area contributed by atoms with E-state index >= 15 is 0 Å². The lowest BCUT2D eigenvalue weighted by molar-refractivity contribution is -0.439. The Morgan fingerprint density at radius 1 is 0.848 bits per heavy atom. The molecule has 3 aromatic rings. The molecule has 2 aliphatic heterocycles. The zero-order chi connectivity index (χ0) is 33.9. The van der Waals surface area contributed by atoms with Gasteiger partial charge in [-0.3, -0.25) is 29.8 Å². The summed E-state index contributed by atoms with van der Waals surface area (Å²) >= 11 is 0. The maximum absolute atomic E-state index is 13.8. The highest BCUT2D eigenvalue weighted by Crippen LogP contribution is 2.50. The van der Waals surface area contributed by atoms with E-state index in [0.717, 1.165) is 24.2 Å². The summed E-state index contributed by atoms with van der Waals surface area (Å²) in [5, 5.41) is 24.2. The normalized spacial score (nSPS) is 18.0. The van der Waals surface area contributed by atoms with Gasteiger partial charge in [0.1, 0.15) is 12.1 Å². The second kappa shape index (κ2) is 11.7. The molecule has 0 saturated carbocycles. The SMILES string of the molecule is CC(C)CCN1c2cccc([N+](=O)[O-])c2C(C)(C)C1C=c1c(=O)c(=CC2=[N+](CCC(C)C)c3cccc([N+](=O)[O-])c3C2(C)C)c1=O. The summed E-state index contributed by atoms with van der Waals surface area (Å²) in [4.78, 5) is 53.0. The van der Waals surface area contributed by atoms with E-state index in [0.29, 0.717) is 41.8 Å². The molecule has 2 heterocycles. The summed E-state index contributed by atoms with van der Waals surface area (Å²) in [6, 6.07) is 9.63. The summed E-state index contributed by atoms with van der Waals surface area (Å²) in [5.74, 6) is 0.751. The van der Waals surface area contributed by atoms with Gasteiger partial charge in [0.25, 0.3) is 11.4 Å². The molecule has 242 valence electrons. The fourth-order valence-corrected chi connectivity index (χ4v) is 7.26. The maximum atomic E-state index is 13.8. The third-order valence-corrected chi connectivity index (χ3v) is 9.77. The number of hydrogen-bond donors (Lipinski definition) is 0. The molecule has 0 amide bonds. The van der Waals surface area contributed by atoms with Gasteiger partial charge in [-0.15, -0.1) is 0 Å². The minimum atomic E-state index is -0.829. The molecule has 0 N–H and O–H groups in total. The van der Waals surface area contributed by atoms with Crippen LogP contribution in [-0.2, 0) is 10.8 Å². The van der Waals surface area contributed by atoms with Gasteiger partial charge >= 0.3 is 0 Å². The van der Waals surface area contributed by atoms with Gasteiger partial charge in [0.2, 0.25) is 16.5 Å². The van der Waals surface area contributed by atoms with E-state index in [9.17, 15) is 29.8 Å². The fraction of sp³-hybridized carbons (Fsp3) is 0.472. The van der Waals surface area contributed by atoms with Gasteiger partial charge in [-0.2, -0.15) is 4.58 Å². The topological polar surface area (TPSA) is 127 Å². The molecule has 0 fully saturated rings. The van der Waals surface area contributed by atoms with Crippen LogP contribution >= 0.6 is 0 Å². The van der Waals surface area contributed by atoms with E-state index in [1.54, 1.807) is 24.3 Å². The van der Waals surface area contributed by atoms with E-state index < -0.39 is 16.9 Å². The Morgan fingerprint density at radius 3 is 1.98 bits per heavy atom. The highest BCUT2D eigenvalue weighted by atomic mass is 16.6. The Hall–Kier alpha value is -4.47. The zero-order valence-corrected chi connectivity index (χ0v) is 27.9. The van der Waals surface area contributed by atoms with Gasteiger partial charge in [0.05, 0.1) is 37.3 Å². The van der Waals surface area contributed by atoms with Crippen molar-refractivity contribution in [1.29, 1.82) is 0 Å². The number of anilines is 1. The van der Waals surface area contributed by atoms with Crippen LogP contribution in [0.3, 0.4) is 0 Å². The number of fused-ring (bicyclic) bond motifs is 2. The maximum Gasteiger partial charge on any atom is 0.280 e. The standard InChI is InChI=1S/C36H43N4O6/c1-21(2)15-17-37-25-11-9-13-27(39(43)44)31(25)35(5,6)29(37)19-23-33(41)24(34(23)42)20-30-36(7,8)32-26(38(30)18-16-22(3)4)12-10-14-28(32)40(45)46/h9-14,19-22,29H,15-18H2,1-8H3/q+1. The van der Waals surface area contributed by atoms with E-state index in [4.69, 9.17) is 0 Å². The van der Waals surface area contributed by atoms with Crippen molar-refractivity contribution >= 4 is 40.6 Å². The summed E-state index contributed by atoms with van der Waals surface area (Å²) in [6.07, 6.45) is 4.97. The molecule has 46 heavy (non-hydrogen) atoms. The fourth-order valence-electron chi connectivity index (χ4n) is 7.26. The zero-order valence-electron chi connectivity index (χ0n) is 27.9. The molecule has 0 saturated heterocycles. The van der Waals surface area contributed by atoms with E-state index in [1.807, 2.05) is 44.4 Å². The average Bonchev–Trinajstić information content (AvgIpc) is 3.33.